The number of aromatic nitrogens is 1. The highest BCUT2D eigenvalue weighted by molar-refractivity contribution is 9.10. The number of rotatable bonds is 3. The van der Waals surface area contributed by atoms with Gasteiger partial charge >= 0.3 is 0 Å². The van der Waals surface area contributed by atoms with Gasteiger partial charge in [-0.05, 0) is 22.0 Å². The van der Waals surface area contributed by atoms with Crippen molar-refractivity contribution in [2.75, 3.05) is 7.11 Å². The second kappa shape index (κ2) is 4.76. The third-order valence-electron chi connectivity index (χ3n) is 2.11. The van der Waals surface area contributed by atoms with Crippen molar-refractivity contribution < 1.29 is 9.53 Å². The normalized spacial score (nSPS) is 10.1. The fourth-order valence-corrected chi connectivity index (χ4v) is 2.77. The van der Waals surface area contributed by atoms with E-state index >= 15 is 0 Å². The molecule has 0 aliphatic heterocycles. The molecular formula is C11H8BrNO2S. The van der Waals surface area contributed by atoms with Crippen molar-refractivity contribution in [3.8, 4) is 5.75 Å². The van der Waals surface area contributed by atoms with Crippen molar-refractivity contribution in [3.63, 3.8) is 0 Å². The summed E-state index contributed by atoms with van der Waals surface area (Å²) >= 11 is 4.82. The number of pyridine rings is 1. The SMILES string of the molecule is COc1cnccc1C(=O)c1cscc1Br. The number of methoxy groups -OCH3 is 1. The van der Waals surface area contributed by atoms with E-state index in [0.717, 1.165) is 4.47 Å². The number of ketones is 1. The van der Waals surface area contributed by atoms with Crippen molar-refractivity contribution in [1.82, 2.24) is 4.98 Å². The van der Waals surface area contributed by atoms with E-state index in [1.165, 1.54) is 24.6 Å². The van der Waals surface area contributed by atoms with Gasteiger partial charge in [-0.1, -0.05) is 0 Å². The second-order valence-corrected chi connectivity index (χ2v) is 4.64. The maximum atomic E-state index is 12.2. The molecule has 0 saturated heterocycles. The average Bonchev–Trinajstić information content (AvgIpc) is 2.74. The fourth-order valence-electron chi connectivity index (χ4n) is 1.32. The smallest absolute Gasteiger partial charge is 0.198 e. The van der Waals surface area contributed by atoms with Crippen LogP contribution in [0.15, 0.2) is 33.7 Å². The highest BCUT2D eigenvalue weighted by Crippen LogP contribution is 2.27. The zero-order valence-corrected chi connectivity index (χ0v) is 10.8. The van der Waals surface area contributed by atoms with Gasteiger partial charge in [-0.25, -0.2) is 0 Å². The first kappa shape index (κ1) is 11.3. The zero-order chi connectivity index (χ0) is 11.5. The maximum Gasteiger partial charge on any atom is 0.198 e. The third kappa shape index (κ3) is 2.01. The topological polar surface area (TPSA) is 39.2 Å². The van der Waals surface area contributed by atoms with Crippen LogP contribution in [0.5, 0.6) is 5.75 Å². The number of hydrogen-bond donors (Lipinski definition) is 0. The van der Waals surface area contributed by atoms with Crippen LogP contribution in [-0.4, -0.2) is 17.9 Å². The summed E-state index contributed by atoms with van der Waals surface area (Å²) < 4.78 is 5.92. The molecule has 0 aromatic carbocycles. The summed E-state index contributed by atoms with van der Waals surface area (Å²) in [5.41, 5.74) is 1.17. The van der Waals surface area contributed by atoms with Crippen LogP contribution in [0.1, 0.15) is 15.9 Å². The molecule has 2 heterocycles. The molecule has 2 rings (SSSR count). The summed E-state index contributed by atoms with van der Waals surface area (Å²) in [6.45, 7) is 0. The first-order chi connectivity index (χ1) is 7.74. The summed E-state index contributed by atoms with van der Waals surface area (Å²) in [7, 11) is 1.52. The Morgan fingerprint density at radius 2 is 2.25 bits per heavy atom. The fraction of sp³-hybridized carbons (Fsp3) is 0.0909. The molecule has 0 radical (unpaired) electrons. The lowest BCUT2D eigenvalue weighted by molar-refractivity contribution is 0.103. The van der Waals surface area contributed by atoms with E-state index in [1.807, 2.05) is 10.8 Å². The van der Waals surface area contributed by atoms with Crippen LogP contribution < -0.4 is 4.74 Å². The van der Waals surface area contributed by atoms with Gasteiger partial charge in [0, 0.05) is 27.0 Å². The Morgan fingerprint density at radius 3 is 2.88 bits per heavy atom. The van der Waals surface area contributed by atoms with E-state index in [9.17, 15) is 4.79 Å². The molecule has 0 aliphatic carbocycles. The maximum absolute atomic E-state index is 12.2. The molecule has 0 N–H and O–H groups in total. The minimum atomic E-state index is -0.0626. The van der Waals surface area contributed by atoms with E-state index in [2.05, 4.69) is 20.9 Å². The van der Waals surface area contributed by atoms with Gasteiger partial charge in [0.15, 0.2) is 5.78 Å². The number of carbonyl (C=O) groups is 1. The predicted octanol–water partition coefficient (Wildman–Crippen LogP) is 3.15. The monoisotopic (exact) mass is 297 g/mol. The molecule has 0 atom stereocenters. The summed E-state index contributed by atoms with van der Waals surface area (Å²) in [5.74, 6) is 0.429. The molecule has 0 bridgehead atoms. The number of ether oxygens (including phenoxy) is 1. The largest absolute Gasteiger partial charge is 0.494 e. The number of hydrogen-bond acceptors (Lipinski definition) is 4. The van der Waals surface area contributed by atoms with E-state index in [4.69, 9.17) is 4.74 Å². The van der Waals surface area contributed by atoms with E-state index in [0.29, 0.717) is 16.9 Å². The van der Waals surface area contributed by atoms with Crippen LogP contribution >= 0.6 is 27.3 Å². The Labute approximate surface area is 105 Å². The molecule has 0 unspecified atom stereocenters. The number of thiophene rings is 1. The Bertz CT molecular complexity index is 524. The minimum Gasteiger partial charge on any atom is -0.494 e. The van der Waals surface area contributed by atoms with Crippen LogP contribution in [0.2, 0.25) is 0 Å². The highest BCUT2D eigenvalue weighted by Gasteiger charge is 2.17. The van der Waals surface area contributed by atoms with E-state index in [-0.39, 0.29) is 5.78 Å². The third-order valence-corrected chi connectivity index (χ3v) is 3.81. The van der Waals surface area contributed by atoms with Crippen LogP contribution in [0, 0.1) is 0 Å². The molecule has 2 aromatic rings. The first-order valence-corrected chi connectivity index (χ1v) is 6.22. The zero-order valence-electron chi connectivity index (χ0n) is 8.44. The lowest BCUT2D eigenvalue weighted by atomic mass is 10.1. The predicted molar refractivity (Wildman–Crippen MR) is 66.2 cm³/mol. The van der Waals surface area contributed by atoms with Crippen LogP contribution in [0.25, 0.3) is 0 Å². The Kier molecular flexibility index (Phi) is 3.36. The van der Waals surface area contributed by atoms with Gasteiger partial charge < -0.3 is 4.74 Å². The molecule has 2 aromatic heterocycles. The van der Waals surface area contributed by atoms with Crippen molar-refractivity contribution >= 4 is 33.0 Å². The molecule has 0 amide bonds. The van der Waals surface area contributed by atoms with E-state index < -0.39 is 0 Å². The number of nitrogens with zero attached hydrogens (tertiary/aromatic N) is 1. The molecule has 0 fully saturated rings. The summed E-state index contributed by atoms with van der Waals surface area (Å²) in [6.07, 6.45) is 3.11. The minimum absolute atomic E-state index is 0.0626. The van der Waals surface area contributed by atoms with Gasteiger partial charge in [0.1, 0.15) is 5.75 Å². The van der Waals surface area contributed by atoms with Gasteiger partial charge in [-0.2, -0.15) is 11.3 Å². The van der Waals surface area contributed by atoms with Crippen LogP contribution in [0.3, 0.4) is 0 Å². The van der Waals surface area contributed by atoms with Crippen molar-refractivity contribution in [1.29, 1.82) is 0 Å². The average molecular weight is 298 g/mol. The standard InChI is InChI=1S/C11H8BrNO2S/c1-15-10-4-13-3-2-7(10)11(14)8-5-16-6-9(8)12/h2-6H,1H3. The summed E-state index contributed by atoms with van der Waals surface area (Å²) in [6, 6.07) is 1.66. The highest BCUT2D eigenvalue weighted by atomic mass is 79.9. The van der Waals surface area contributed by atoms with Gasteiger partial charge in [0.05, 0.1) is 18.9 Å². The van der Waals surface area contributed by atoms with Gasteiger partial charge in [-0.15, -0.1) is 0 Å². The van der Waals surface area contributed by atoms with Crippen LogP contribution in [-0.2, 0) is 0 Å². The second-order valence-electron chi connectivity index (χ2n) is 3.04. The van der Waals surface area contributed by atoms with E-state index in [1.54, 1.807) is 12.3 Å². The first-order valence-electron chi connectivity index (χ1n) is 4.48. The van der Waals surface area contributed by atoms with Gasteiger partial charge in [0.2, 0.25) is 0 Å². The molecule has 16 heavy (non-hydrogen) atoms. The Balaban J connectivity index is 2.46. The molecule has 0 aliphatic rings. The molecule has 0 spiro atoms. The van der Waals surface area contributed by atoms with Crippen molar-refractivity contribution in [3.05, 3.63) is 44.8 Å². The number of halogens is 1. The number of carbonyl (C=O) groups excluding carboxylic acids is 1. The molecule has 5 heteroatoms. The molecule has 0 saturated carbocycles. The summed E-state index contributed by atoms with van der Waals surface area (Å²) in [4.78, 5) is 16.1. The van der Waals surface area contributed by atoms with Gasteiger partial charge in [0.25, 0.3) is 0 Å². The van der Waals surface area contributed by atoms with Crippen molar-refractivity contribution in [2.24, 2.45) is 0 Å². The van der Waals surface area contributed by atoms with Crippen molar-refractivity contribution in [2.45, 2.75) is 0 Å². The lowest BCUT2D eigenvalue weighted by Crippen LogP contribution is -2.03. The molecule has 82 valence electrons. The Morgan fingerprint density at radius 1 is 1.44 bits per heavy atom. The van der Waals surface area contributed by atoms with Gasteiger partial charge in [-0.3, -0.25) is 9.78 Å². The molecular weight excluding hydrogens is 290 g/mol. The van der Waals surface area contributed by atoms with Crippen LogP contribution in [0.4, 0.5) is 0 Å². The lowest BCUT2D eigenvalue weighted by Gasteiger charge is -2.05. The Hall–Kier alpha value is -1.20. The quantitative estimate of drug-likeness (QED) is 0.817. The molecule has 3 nitrogen and oxygen atoms in total. The summed E-state index contributed by atoms with van der Waals surface area (Å²) in [5, 5.41) is 3.69.